The van der Waals surface area contributed by atoms with Crippen LogP contribution in [0.1, 0.15) is 23.0 Å². The van der Waals surface area contributed by atoms with Gasteiger partial charge in [-0.1, -0.05) is 24.3 Å². The molecule has 1 aromatic carbocycles. The van der Waals surface area contributed by atoms with Gasteiger partial charge in [-0.3, -0.25) is 0 Å². The molecule has 4 aromatic heterocycles. The number of nitrogens with two attached hydrogens (primary N) is 2. The third-order valence-electron chi connectivity index (χ3n) is 5.60. The van der Waals surface area contributed by atoms with Gasteiger partial charge < -0.3 is 20.3 Å². The molecule has 0 fully saturated rings. The van der Waals surface area contributed by atoms with E-state index < -0.39 is 0 Å². The first-order chi connectivity index (χ1) is 16.3. The van der Waals surface area contributed by atoms with E-state index in [-0.39, 0.29) is 11.9 Å². The second-order valence-electron chi connectivity index (χ2n) is 8.22. The first-order valence-corrected chi connectivity index (χ1v) is 10.8. The highest BCUT2D eigenvalue weighted by molar-refractivity contribution is 5.74. The summed E-state index contributed by atoms with van der Waals surface area (Å²) in [5, 5.41) is 0. The van der Waals surface area contributed by atoms with E-state index in [2.05, 4.69) is 19.9 Å². The van der Waals surface area contributed by atoms with Gasteiger partial charge in [-0.15, -0.1) is 0 Å². The van der Waals surface area contributed by atoms with Crippen LogP contribution < -0.4 is 11.5 Å². The number of hydrogen-bond acceptors (Lipinski definition) is 8. The topological polar surface area (TPSA) is 130 Å². The Morgan fingerprint density at radius 1 is 0.529 bits per heavy atom. The lowest BCUT2D eigenvalue weighted by Gasteiger charge is -2.08. The minimum absolute atomic E-state index is 0.203. The maximum absolute atomic E-state index is 6.02. The lowest BCUT2D eigenvalue weighted by atomic mass is 10.0. The van der Waals surface area contributed by atoms with Gasteiger partial charge in [-0.2, -0.15) is 0 Å². The Balaban J connectivity index is 1.51. The molecule has 0 bridgehead atoms. The second-order valence-corrected chi connectivity index (χ2v) is 8.22. The van der Waals surface area contributed by atoms with Gasteiger partial charge in [0.25, 0.3) is 0 Å². The Kier molecular flexibility index (Phi) is 5.13. The van der Waals surface area contributed by atoms with Gasteiger partial charge in [0.15, 0.2) is 0 Å². The van der Waals surface area contributed by atoms with Crippen molar-refractivity contribution in [1.29, 1.82) is 0 Å². The van der Waals surface area contributed by atoms with Crippen LogP contribution in [0.3, 0.4) is 0 Å². The Labute approximate surface area is 196 Å². The number of rotatable bonds is 4. The lowest BCUT2D eigenvalue weighted by Crippen LogP contribution is -1.99. The standard InChI is InChI=1S/C26H24N6O2/c1-13-9-19(15(3)33-13)23-11-21(29-25(27)31-23)17-5-7-18(8-6-17)22-12-24(32-26(28)30-22)20-10-14(2)34-16(20)4/h5-12H,1-4H3,(H2,27,29,31)(H2,28,30,32). The number of anilines is 2. The minimum atomic E-state index is 0.203. The molecule has 0 atom stereocenters. The summed E-state index contributed by atoms with van der Waals surface area (Å²) < 4.78 is 11.3. The fourth-order valence-electron chi connectivity index (χ4n) is 4.09. The van der Waals surface area contributed by atoms with Crippen molar-refractivity contribution in [2.45, 2.75) is 27.7 Å². The van der Waals surface area contributed by atoms with Crippen LogP contribution in [0, 0.1) is 27.7 Å². The quantitative estimate of drug-likeness (QED) is 0.364. The summed E-state index contributed by atoms with van der Waals surface area (Å²) in [5.41, 5.74) is 18.5. The maximum Gasteiger partial charge on any atom is 0.221 e. The summed E-state index contributed by atoms with van der Waals surface area (Å²) in [4.78, 5) is 17.6. The van der Waals surface area contributed by atoms with E-state index in [9.17, 15) is 0 Å². The van der Waals surface area contributed by atoms with Crippen molar-refractivity contribution < 1.29 is 8.83 Å². The van der Waals surface area contributed by atoms with Gasteiger partial charge in [0.2, 0.25) is 11.9 Å². The smallest absolute Gasteiger partial charge is 0.221 e. The SMILES string of the molecule is Cc1cc(-c2cc(-c3ccc(-c4cc(-c5cc(C)oc5C)nc(N)n4)cc3)nc(N)n2)c(C)o1. The largest absolute Gasteiger partial charge is 0.466 e. The zero-order valence-corrected chi connectivity index (χ0v) is 19.4. The van der Waals surface area contributed by atoms with Crippen molar-refractivity contribution in [3.8, 4) is 45.0 Å². The van der Waals surface area contributed by atoms with Crippen LogP contribution in [0.4, 0.5) is 11.9 Å². The third kappa shape index (κ3) is 4.01. The Hall–Kier alpha value is -4.46. The molecule has 0 spiro atoms. The van der Waals surface area contributed by atoms with Crippen LogP contribution in [0.15, 0.2) is 57.4 Å². The summed E-state index contributed by atoms with van der Waals surface area (Å²) in [6, 6.07) is 15.6. The van der Waals surface area contributed by atoms with E-state index in [1.807, 2.05) is 76.2 Å². The number of hydrogen-bond donors (Lipinski definition) is 2. The first-order valence-electron chi connectivity index (χ1n) is 10.8. The summed E-state index contributed by atoms with van der Waals surface area (Å²) >= 11 is 0. The zero-order valence-electron chi connectivity index (χ0n) is 19.4. The molecule has 0 aliphatic carbocycles. The minimum Gasteiger partial charge on any atom is -0.466 e. The predicted octanol–water partition coefficient (Wildman–Crippen LogP) is 5.52. The number of furan rings is 2. The highest BCUT2D eigenvalue weighted by Crippen LogP contribution is 2.31. The van der Waals surface area contributed by atoms with Gasteiger partial charge in [0.1, 0.15) is 23.0 Å². The summed E-state index contributed by atoms with van der Waals surface area (Å²) in [6.07, 6.45) is 0. The highest BCUT2D eigenvalue weighted by Gasteiger charge is 2.14. The molecular weight excluding hydrogens is 428 g/mol. The number of nitrogen functional groups attached to an aromatic ring is 2. The monoisotopic (exact) mass is 452 g/mol. The first kappa shape index (κ1) is 21.4. The molecule has 8 heteroatoms. The molecule has 0 unspecified atom stereocenters. The molecule has 5 rings (SSSR count). The number of nitrogens with zero attached hydrogens (tertiary/aromatic N) is 4. The Bertz CT molecular complexity index is 1400. The zero-order chi connectivity index (χ0) is 24.0. The van der Waals surface area contributed by atoms with Gasteiger partial charge in [0.05, 0.1) is 22.8 Å². The molecule has 0 aliphatic rings. The third-order valence-corrected chi connectivity index (χ3v) is 5.60. The molecular formula is C26H24N6O2. The van der Waals surface area contributed by atoms with E-state index in [1.165, 1.54) is 0 Å². The molecule has 0 aliphatic heterocycles. The van der Waals surface area contributed by atoms with Crippen LogP contribution in [0.25, 0.3) is 45.0 Å². The van der Waals surface area contributed by atoms with Crippen molar-refractivity contribution in [1.82, 2.24) is 19.9 Å². The van der Waals surface area contributed by atoms with Gasteiger partial charge in [-0.25, -0.2) is 19.9 Å². The van der Waals surface area contributed by atoms with E-state index in [0.717, 1.165) is 68.1 Å². The molecule has 0 radical (unpaired) electrons. The van der Waals surface area contributed by atoms with Crippen LogP contribution in [0.5, 0.6) is 0 Å². The van der Waals surface area contributed by atoms with E-state index in [1.54, 1.807) is 0 Å². The highest BCUT2D eigenvalue weighted by atomic mass is 16.3. The lowest BCUT2D eigenvalue weighted by molar-refractivity contribution is 0.505. The molecule has 34 heavy (non-hydrogen) atoms. The van der Waals surface area contributed by atoms with Crippen molar-refractivity contribution in [2.24, 2.45) is 0 Å². The number of aromatic nitrogens is 4. The van der Waals surface area contributed by atoms with Gasteiger partial charge in [0, 0.05) is 22.3 Å². The molecule has 0 saturated heterocycles. The normalized spacial score (nSPS) is 11.2. The fourth-order valence-corrected chi connectivity index (χ4v) is 4.09. The van der Waals surface area contributed by atoms with Crippen LogP contribution in [-0.4, -0.2) is 19.9 Å². The second kappa shape index (κ2) is 8.15. The van der Waals surface area contributed by atoms with E-state index in [4.69, 9.17) is 20.3 Å². The molecule has 0 saturated carbocycles. The molecule has 5 aromatic rings. The van der Waals surface area contributed by atoms with Crippen LogP contribution >= 0.6 is 0 Å². The van der Waals surface area contributed by atoms with Crippen LogP contribution in [0.2, 0.25) is 0 Å². The van der Waals surface area contributed by atoms with E-state index >= 15 is 0 Å². The van der Waals surface area contributed by atoms with Crippen molar-refractivity contribution in [3.63, 3.8) is 0 Å². The van der Waals surface area contributed by atoms with Crippen molar-refractivity contribution in [3.05, 3.63) is 71.6 Å². The molecule has 8 nitrogen and oxygen atoms in total. The van der Waals surface area contributed by atoms with Gasteiger partial charge >= 0.3 is 0 Å². The molecule has 170 valence electrons. The molecule has 0 amide bonds. The van der Waals surface area contributed by atoms with E-state index in [0.29, 0.717) is 0 Å². The Morgan fingerprint density at radius 2 is 0.882 bits per heavy atom. The summed E-state index contributed by atoms with van der Waals surface area (Å²) in [6.45, 7) is 7.62. The molecule has 4 heterocycles. The average molecular weight is 453 g/mol. The summed E-state index contributed by atoms with van der Waals surface area (Å²) in [5.74, 6) is 3.62. The molecule has 4 N–H and O–H groups in total. The van der Waals surface area contributed by atoms with Crippen molar-refractivity contribution in [2.75, 3.05) is 11.5 Å². The van der Waals surface area contributed by atoms with Crippen LogP contribution in [-0.2, 0) is 0 Å². The number of benzene rings is 1. The average Bonchev–Trinajstić information content (AvgIpc) is 3.32. The Morgan fingerprint density at radius 3 is 1.21 bits per heavy atom. The maximum atomic E-state index is 6.02. The predicted molar refractivity (Wildman–Crippen MR) is 132 cm³/mol. The number of aryl methyl sites for hydroxylation is 4. The fraction of sp³-hybridized carbons (Fsp3) is 0.154. The summed E-state index contributed by atoms with van der Waals surface area (Å²) in [7, 11) is 0. The van der Waals surface area contributed by atoms with Crippen molar-refractivity contribution >= 4 is 11.9 Å². The van der Waals surface area contributed by atoms with Gasteiger partial charge in [-0.05, 0) is 52.0 Å².